The molecule has 2 rings (SSSR count). The number of carbonyl (C=O) groups is 1. The molecule has 2 N–H and O–H groups in total. The Bertz CT molecular complexity index is 359. The van der Waals surface area contributed by atoms with E-state index in [4.69, 9.17) is 10.5 Å². The average molecular weight is 225 g/mol. The number of primary amides is 1. The summed E-state index contributed by atoms with van der Waals surface area (Å²) in [5.41, 5.74) is 5.29. The first-order valence-electron chi connectivity index (χ1n) is 5.26. The minimum atomic E-state index is -0.544. The molecule has 1 aromatic rings. The van der Waals surface area contributed by atoms with E-state index in [1.54, 1.807) is 10.9 Å². The van der Waals surface area contributed by atoms with Gasteiger partial charge in [0.05, 0.1) is 26.0 Å². The molecule has 0 bridgehead atoms. The molecule has 16 heavy (non-hydrogen) atoms. The van der Waals surface area contributed by atoms with Crippen molar-refractivity contribution in [3.63, 3.8) is 0 Å². The van der Waals surface area contributed by atoms with E-state index < -0.39 is 5.91 Å². The summed E-state index contributed by atoms with van der Waals surface area (Å²) < 4.78 is 6.88. The SMILES string of the molecule is NC(=O)c1cn(CCN2CCOCC2)nn1. The van der Waals surface area contributed by atoms with Crippen LogP contribution in [0.25, 0.3) is 0 Å². The summed E-state index contributed by atoms with van der Waals surface area (Å²) in [4.78, 5) is 13.1. The third-order valence-electron chi connectivity index (χ3n) is 2.54. The topological polar surface area (TPSA) is 86.3 Å². The first-order valence-corrected chi connectivity index (χ1v) is 5.26. The van der Waals surface area contributed by atoms with E-state index in [-0.39, 0.29) is 5.69 Å². The van der Waals surface area contributed by atoms with Crippen LogP contribution >= 0.6 is 0 Å². The van der Waals surface area contributed by atoms with Crippen LogP contribution in [0.1, 0.15) is 10.5 Å². The van der Waals surface area contributed by atoms with Crippen molar-refractivity contribution in [3.05, 3.63) is 11.9 Å². The van der Waals surface area contributed by atoms with E-state index in [0.717, 1.165) is 32.8 Å². The fourth-order valence-corrected chi connectivity index (χ4v) is 1.59. The van der Waals surface area contributed by atoms with Crippen molar-refractivity contribution in [2.75, 3.05) is 32.8 Å². The summed E-state index contributed by atoms with van der Waals surface area (Å²) >= 11 is 0. The number of hydrogen-bond donors (Lipinski definition) is 1. The van der Waals surface area contributed by atoms with Gasteiger partial charge in [0.1, 0.15) is 0 Å². The Kier molecular flexibility index (Phi) is 3.47. The predicted octanol–water partition coefficient (Wildman–Crippen LogP) is -1.29. The summed E-state index contributed by atoms with van der Waals surface area (Å²) in [7, 11) is 0. The van der Waals surface area contributed by atoms with Gasteiger partial charge in [-0.25, -0.2) is 0 Å². The maximum Gasteiger partial charge on any atom is 0.270 e. The molecular weight excluding hydrogens is 210 g/mol. The van der Waals surface area contributed by atoms with E-state index in [9.17, 15) is 4.79 Å². The molecule has 0 saturated carbocycles. The largest absolute Gasteiger partial charge is 0.379 e. The molecule has 2 heterocycles. The minimum Gasteiger partial charge on any atom is -0.379 e. The van der Waals surface area contributed by atoms with Crippen LogP contribution < -0.4 is 5.73 Å². The Morgan fingerprint density at radius 2 is 2.19 bits per heavy atom. The Morgan fingerprint density at radius 3 is 2.81 bits per heavy atom. The number of hydrogen-bond acceptors (Lipinski definition) is 5. The fraction of sp³-hybridized carbons (Fsp3) is 0.667. The Morgan fingerprint density at radius 1 is 1.44 bits per heavy atom. The second kappa shape index (κ2) is 5.04. The zero-order valence-electron chi connectivity index (χ0n) is 9.00. The fourth-order valence-electron chi connectivity index (χ4n) is 1.59. The maximum absolute atomic E-state index is 10.8. The number of ether oxygens (including phenoxy) is 1. The zero-order chi connectivity index (χ0) is 11.4. The lowest BCUT2D eigenvalue weighted by atomic mass is 10.4. The van der Waals surface area contributed by atoms with Crippen LogP contribution in [0.5, 0.6) is 0 Å². The van der Waals surface area contributed by atoms with Gasteiger partial charge in [0.2, 0.25) is 0 Å². The monoisotopic (exact) mass is 225 g/mol. The van der Waals surface area contributed by atoms with Crippen molar-refractivity contribution in [2.24, 2.45) is 5.73 Å². The van der Waals surface area contributed by atoms with Gasteiger partial charge in [0.25, 0.3) is 5.91 Å². The van der Waals surface area contributed by atoms with Crippen LogP contribution in [0, 0.1) is 0 Å². The van der Waals surface area contributed by atoms with Crippen LogP contribution in [0.15, 0.2) is 6.20 Å². The molecule has 1 aliphatic rings. The molecule has 1 fully saturated rings. The molecular formula is C9H15N5O2. The second-order valence-corrected chi connectivity index (χ2v) is 3.69. The highest BCUT2D eigenvalue weighted by Crippen LogP contribution is 1.98. The van der Waals surface area contributed by atoms with E-state index in [1.807, 2.05) is 0 Å². The standard InChI is InChI=1S/C9H15N5O2/c10-9(15)8-7-14(12-11-8)2-1-13-3-5-16-6-4-13/h7H,1-6H2,(H2,10,15). The highest BCUT2D eigenvalue weighted by molar-refractivity contribution is 5.90. The highest BCUT2D eigenvalue weighted by Gasteiger charge is 2.11. The molecule has 0 aliphatic carbocycles. The predicted molar refractivity (Wildman–Crippen MR) is 55.8 cm³/mol. The lowest BCUT2D eigenvalue weighted by molar-refractivity contribution is 0.0359. The van der Waals surface area contributed by atoms with Gasteiger partial charge in [0, 0.05) is 19.6 Å². The summed E-state index contributed by atoms with van der Waals surface area (Å²) in [5.74, 6) is -0.544. The summed E-state index contributed by atoms with van der Waals surface area (Å²) in [6.45, 7) is 5.04. The molecule has 1 aromatic heterocycles. The van der Waals surface area contributed by atoms with Crippen LogP contribution in [0.3, 0.4) is 0 Å². The molecule has 0 atom stereocenters. The normalized spacial score (nSPS) is 17.5. The third-order valence-corrected chi connectivity index (χ3v) is 2.54. The van der Waals surface area contributed by atoms with Crippen molar-refractivity contribution in [1.29, 1.82) is 0 Å². The van der Waals surface area contributed by atoms with E-state index in [2.05, 4.69) is 15.2 Å². The summed E-state index contributed by atoms with van der Waals surface area (Å²) in [5, 5.41) is 7.50. The minimum absolute atomic E-state index is 0.210. The van der Waals surface area contributed by atoms with Gasteiger partial charge in [-0.05, 0) is 0 Å². The first-order chi connectivity index (χ1) is 7.75. The zero-order valence-corrected chi connectivity index (χ0v) is 9.00. The van der Waals surface area contributed by atoms with Crippen LogP contribution in [0.4, 0.5) is 0 Å². The smallest absolute Gasteiger partial charge is 0.270 e. The molecule has 7 nitrogen and oxygen atoms in total. The maximum atomic E-state index is 10.8. The summed E-state index contributed by atoms with van der Waals surface area (Å²) in [6, 6.07) is 0. The van der Waals surface area contributed by atoms with E-state index in [0.29, 0.717) is 6.54 Å². The van der Waals surface area contributed by atoms with Crippen LogP contribution in [-0.4, -0.2) is 58.6 Å². The van der Waals surface area contributed by atoms with Crippen molar-refractivity contribution in [1.82, 2.24) is 19.9 Å². The molecule has 1 saturated heterocycles. The van der Waals surface area contributed by atoms with Crippen LogP contribution in [0.2, 0.25) is 0 Å². The third kappa shape index (κ3) is 2.77. The number of nitrogens with zero attached hydrogens (tertiary/aromatic N) is 4. The highest BCUT2D eigenvalue weighted by atomic mass is 16.5. The van der Waals surface area contributed by atoms with Gasteiger partial charge < -0.3 is 10.5 Å². The Balaban J connectivity index is 1.81. The number of amides is 1. The van der Waals surface area contributed by atoms with Gasteiger partial charge in [-0.1, -0.05) is 5.21 Å². The van der Waals surface area contributed by atoms with Crippen LogP contribution in [-0.2, 0) is 11.3 Å². The first kappa shape index (κ1) is 11.0. The number of aromatic nitrogens is 3. The van der Waals surface area contributed by atoms with Crippen molar-refractivity contribution >= 4 is 5.91 Å². The molecule has 88 valence electrons. The summed E-state index contributed by atoms with van der Waals surface area (Å²) in [6.07, 6.45) is 1.57. The molecule has 7 heteroatoms. The molecule has 0 spiro atoms. The lowest BCUT2D eigenvalue weighted by Gasteiger charge is -2.26. The average Bonchev–Trinajstić information content (AvgIpc) is 2.76. The van der Waals surface area contributed by atoms with Crippen molar-refractivity contribution in [2.45, 2.75) is 6.54 Å². The number of rotatable bonds is 4. The molecule has 0 radical (unpaired) electrons. The van der Waals surface area contributed by atoms with Crippen molar-refractivity contribution in [3.8, 4) is 0 Å². The van der Waals surface area contributed by atoms with Gasteiger partial charge in [-0.15, -0.1) is 5.10 Å². The quantitative estimate of drug-likeness (QED) is 0.689. The Labute approximate surface area is 93.2 Å². The molecule has 0 aromatic carbocycles. The van der Waals surface area contributed by atoms with Gasteiger partial charge >= 0.3 is 0 Å². The Hall–Kier alpha value is -1.47. The number of morpholine rings is 1. The lowest BCUT2D eigenvalue weighted by Crippen LogP contribution is -2.38. The van der Waals surface area contributed by atoms with Gasteiger partial charge in [-0.3, -0.25) is 14.4 Å². The molecule has 0 unspecified atom stereocenters. The van der Waals surface area contributed by atoms with Crippen molar-refractivity contribution < 1.29 is 9.53 Å². The number of carbonyl (C=O) groups excluding carboxylic acids is 1. The molecule has 1 aliphatic heterocycles. The van der Waals surface area contributed by atoms with Gasteiger partial charge in [-0.2, -0.15) is 0 Å². The second-order valence-electron chi connectivity index (χ2n) is 3.69. The van der Waals surface area contributed by atoms with E-state index in [1.165, 1.54) is 0 Å². The molecule has 1 amide bonds. The number of nitrogens with two attached hydrogens (primary N) is 1. The van der Waals surface area contributed by atoms with Gasteiger partial charge in [0.15, 0.2) is 5.69 Å². The van der Waals surface area contributed by atoms with E-state index >= 15 is 0 Å².